The number of allylic oxidation sites excluding steroid dienone is 1. The fourth-order valence-corrected chi connectivity index (χ4v) is 5.96. The molecule has 1 aliphatic carbocycles. The smallest absolute Gasteiger partial charge is 0.270 e. The second kappa shape index (κ2) is 6.96. The molecule has 1 unspecified atom stereocenters. The molecule has 1 atom stereocenters. The van der Waals surface area contributed by atoms with Gasteiger partial charge in [0.1, 0.15) is 0 Å². The number of carbonyl (C=O) groups excluding carboxylic acids is 1. The van der Waals surface area contributed by atoms with Crippen molar-refractivity contribution in [2.24, 2.45) is 0 Å². The first kappa shape index (κ1) is 18.8. The van der Waals surface area contributed by atoms with Gasteiger partial charge in [-0.1, -0.05) is 72.3 Å². The van der Waals surface area contributed by atoms with E-state index in [1.165, 1.54) is 0 Å². The highest BCUT2D eigenvalue weighted by Crippen LogP contribution is 2.48. The zero-order chi connectivity index (χ0) is 20.9. The van der Waals surface area contributed by atoms with Crippen LogP contribution in [-0.2, 0) is 21.2 Å². The van der Waals surface area contributed by atoms with Crippen LogP contribution in [-0.4, -0.2) is 18.6 Å². The third-order valence-corrected chi connectivity index (χ3v) is 7.68. The van der Waals surface area contributed by atoms with Crippen LogP contribution in [0.3, 0.4) is 0 Å². The molecule has 0 aromatic heterocycles. The van der Waals surface area contributed by atoms with Crippen LogP contribution in [0.2, 0.25) is 0 Å². The minimum absolute atomic E-state index is 0.120. The number of benzene rings is 3. The summed E-state index contributed by atoms with van der Waals surface area (Å²) in [6, 6.07) is 24.3. The van der Waals surface area contributed by atoms with Crippen LogP contribution in [0, 0.1) is 6.92 Å². The molecule has 0 saturated carbocycles. The zero-order valence-electron chi connectivity index (χ0n) is 16.6. The van der Waals surface area contributed by atoms with Gasteiger partial charge in [-0.15, -0.1) is 0 Å². The maximum Gasteiger partial charge on any atom is 0.270 e. The SMILES string of the molecule is Cc1ccc(S(=O)(=O)N2C(=O)CC(c3ccccc3)C3=C2c2ccccc2C3)cc1. The van der Waals surface area contributed by atoms with Gasteiger partial charge in [0.15, 0.2) is 0 Å². The van der Waals surface area contributed by atoms with Crippen molar-refractivity contribution in [2.45, 2.75) is 30.6 Å². The molecule has 3 aromatic rings. The Morgan fingerprint density at radius 2 is 1.53 bits per heavy atom. The van der Waals surface area contributed by atoms with Crippen molar-refractivity contribution in [2.75, 3.05) is 0 Å². The van der Waals surface area contributed by atoms with E-state index in [2.05, 4.69) is 0 Å². The fraction of sp³-hybridized carbons (Fsp3) is 0.160. The Morgan fingerprint density at radius 1 is 0.867 bits per heavy atom. The van der Waals surface area contributed by atoms with E-state index in [4.69, 9.17) is 0 Å². The first-order valence-corrected chi connectivity index (χ1v) is 11.4. The lowest BCUT2D eigenvalue weighted by molar-refractivity contribution is -0.125. The average molecular weight is 416 g/mol. The van der Waals surface area contributed by atoms with E-state index in [1.54, 1.807) is 24.3 Å². The molecule has 2 aliphatic rings. The molecule has 0 radical (unpaired) electrons. The largest absolute Gasteiger partial charge is 0.273 e. The van der Waals surface area contributed by atoms with Crippen LogP contribution in [0.25, 0.3) is 5.70 Å². The molecule has 0 fully saturated rings. The van der Waals surface area contributed by atoms with Crippen molar-refractivity contribution in [3.63, 3.8) is 0 Å². The molecular formula is C25H21NO3S. The van der Waals surface area contributed by atoms with Crippen LogP contribution >= 0.6 is 0 Å². The first-order chi connectivity index (χ1) is 14.5. The molecular weight excluding hydrogens is 394 g/mol. The summed E-state index contributed by atoms with van der Waals surface area (Å²) in [5.41, 5.74) is 5.43. The number of fused-ring (bicyclic) bond motifs is 2. The number of carbonyl (C=O) groups is 1. The molecule has 30 heavy (non-hydrogen) atoms. The number of amides is 1. The molecule has 4 nitrogen and oxygen atoms in total. The molecule has 3 aromatic carbocycles. The Morgan fingerprint density at radius 3 is 2.27 bits per heavy atom. The third kappa shape index (κ3) is 2.89. The zero-order valence-corrected chi connectivity index (χ0v) is 17.4. The van der Waals surface area contributed by atoms with Gasteiger partial charge in [0, 0.05) is 17.9 Å². The van der Waals surface area contributed by atoms with Crippen molar-refractivity contribution in [1.82, 2.24) is 4.31 Å². The maximum absolute atomic E-state index is 13.6. The normalized spacial score (nSPS) is 18.4. The highest BCUT2D eigenvalue weighted by molar-refractivity contribution is 7.90. The predicted molar refractivity (Wildman–Crippen MR) is 116 cm³/mol. The Balaban J connectivity index is 1.71. The van der Waals surface area contributed by atoms with Crippen LogP contribution < -0.4 is 0 Å². The lowest BCUT2D eigenvalue weighted by Gasteiger charge is -2.33. The van der Waals surface area contributed by atoms with Gasteiger partial charge in [-0.2, -0.15) is 0 Å². The van der Waals surface area contributed by atoms with Crippen molar-refractivity contribution < 1.29 is 13.2 Å². The molecule has 5 rings (SSSR count). The standard InChI is InChI=1S/C25H21NO3S/c1-17-11-13-20(14-12-17)30(28,29)26-24(27)16-22(18-7-3-2-4-8-18)23-15-19-9-5-6-10-21(19)25(23)26/h2-14,22H,15-16H2,1H3. The summed E-state index contributed by atoms with van der Waals surface area (Å²) in [5, 5.41) is 0. The number of sulfonamides is 1. The number of hydrogen-bond acceptors (Lipinski definition) is 3. The molecule has 0 N–H and O–H groups in total. The Hall–Kier alpha value is -3.18. The molecule has 5 heteroatoms. The fourth-order valence-electron chi connectivity index (χ4n) is 4.48. The highest BCUT2D eigenvalue weighted by atomic mass is 32.2. The van der Waals surface area contributed by atoms with E-state index in [0.717, 1.165) is 32.1 Å². The van der Waals surface area contributed by atoms with E-state index < -0.39 is 10.0 Å². The minimum atomic E-state index is -4.00. The third-order valence-electron chi connectivity index (χ3n) is 5.95. The highest BCUT2D eigenvalue weighted by Gasteiger charge is 2.44. The number of rotatable bonds is 3. The average Bonchev–Trinajstić information content (AvgIpc) is 3.13. The van der Waals surface area contributed by atoms with Crippen molar-refractivity contribution in [1.29, 1.82) is 0 Å². The Kier molecular flexibility index (Phi) is 4.36. The summed E-state index contributed by atoms with van der Waals surface area (Å²) in [6.07, 6.45) is 0.792. The van der Waals surface area contributed by atoms with Crippen LogP contribution in [0.1, 0.15) is 34.6 Å². The van der Waals surface area contributed by atoms with Crippen LogP contribution in [0.4, 0.5) is 0 Å². The van der Waals surface area contributed by atoms with Crippen molar-refractivity contribution >= 4 is 21.6 Å². The Bertz CT molecular complexity index is 1280. The van der Waals surface area contributed by atoms with Crippen LogP contribution in [0.15, 0.2) is 89.3 Å². The van der Waals surface area contributed by atoms with Gasteiger partial charge in [0.25, 0.3) is 10.0 Å². The number of hydrogen-bond donors (Lipinski definition) is 0. The van der Waals surface area contributed by atoms with E-state index in [0.29, 0.717) is 12.1 Å². The number of aryl methyl sites for hydroxylation is 1. The second-order valence-corrected chi connectivity index (χ2v) is 9.64. The number of nitrogens with zero attached hydrogens (tertiary/aromatic N) is 1. The molecule has 0 saturated heterocycles. The molecule has 0 spiro atoms. The van der Waals surface area contributed by atoms with Gasteiger partial charge in [0.2, 0.25) is 5.91 Å². The van der Waals surface area contributed by atoms with Crippen molar-refractivity contribution in [3.8, 4) is 0 Å². The lowest BCUT2D eigenvalue weighted by Crippen LogP contribution is -2.39. The van der Waals surface area contributed by atoms with Gasteiger partial charge in [-0.3, -0.25) is 4.79 Å². The molecule has 1 heterocycles. The topological polar surface area (TPSA) is 54.5 Å². The summed E-state index contributed by atoms with van der Waals surface area (Å²) < 4.78 is 28.2. The summed E-state index contributed by atoms with van der Waals surface area (Å²) >= 11 is 0. The summed E-state index contributed by atoms with van der Waals surface area (Å²) in [6.45, 7) is 1.90. The van der Waals surface area contributed by atoms with Crippen molar-refractivity contribution in [3.05, 3.63) is 107 Å². The second-order valence-electron chi connectivity index (χ2n) is 7.85. The van der Waals surface area contributed by atoms with E-state index in [9.17, 15) is 13.2 Å². The first-order valence-electron chi connectivity index (χ1n) is 9.98. The molecule has 1 aliphatic heterocycles. The van der Waals surface area contributed by atoms with E-state index in [1.807, 2.05) is 61.5 Å². The van der Waals surface area contributed by atoms with Gasteiger partial charge < -0.3 is 0 Å². The summed E-state index contributed by atoms with van der Waals surface area (Å²) in [7, 11) is -4.00. The van der Waals surface area contributed by atoms with Gasteiger partial charge in [-0.05, 0) is 42.2 Å². The van der Waals surface area contributed by atoms with Gasteiger partial charge in [0.05, 0.1) is 10.6 Å². The van der Waals surface area contributed by atoms with E-state index >= 15 is 0 Å². The maximum atomic E-state index is 13.6. The molecule has 1 amide bonds. The summed E-state index contributed by atoms with van der Waals surface area (Å²) in [5.74, 6) is -0.509. The van der Waals surface area contributed by atoms with Gasteiger partial charge >= 0.3 is 0 Å². The predicted octanol–water partition coefficient (Wildman–Crippen LogP) is 4.67. The quantitative estimate of drug-likeness (QED) is 0.625. The summed E-state index contributed by atoms with van der Waals surface area (Å²) in [4.78, 5) is 13.5. The lowest BCUT2D eigenvalue weighted by atomic mass is 9.84. The monoisotopic (exact) mass is 415 g/mol. The van der Waals surface area contributed by atoms with E-state index in [-0.39, 0.29) is 23.1 Å². The van der Waals surface area contributed by atoms with Crippen LogP contribution in [0.5, 0.6) is 0 Å². The molecule has 150 valence electrons. The molecule has 0 bridgehead atoms. The Labute approximate surface area is 176 Å². The minimum Gasteiger partial charge on any atom is -0.273 e. The van der Waals surface area contributed by atoms with Gasteiger partial charge in [-0.25, -0.2) is 12.7 Å².